The van der Waals surface area contributed by atoms with E-state index in [9.17, 15) is 0 Å². The predicted molar refractivity (Wildman–Crippen MR) is 49.8 cm³/mol. The number of aromatic nitrogens is 3. The van der Waals surface area contributed by atoms with Crippen LogP contribution in [0.2, 0.25) is 0 Å². The van der Waals surface area contributed by atoms with E-state index in [0.29, 0.717) is 11.3 Å². The van der Waals surface area contributed by atoms with Gasteiger partial charge in [-0.3, -0.25) is 0 Å². The summed E-state index contributed by atoms with van der Waals surface area (Å²) < 4.78 is 2.56. The highest BCUT2D eigenvalue weighted by molar-refractivity contribution is 9.10. The SMILES string of the molecule is Cc1nc2c(N)cc(Br)cn2n1. The first-order valence-corrected chi connectivity index (χ1v) is 4.24. The van der Waals surface area contributed by atoms with Crippen LogP contribution in [0.3, 0.4) is 0 Å². The molecule has 0 aliphatic rings. The summed E-state index contributed by atoms with van der Waals surface area (Å²) in [6, 6.07) is 1.81. The number of hydrogen-bond donors (Lipinski definition) is 1. The maximum atomic E-state index is 5.72. The molecule has 0 saturated carbocycles. The topological polar surface area (TPSA) is 56.2 Å². The second-order valence-electron chi connectivity index (χ2n) is 2.54. The Morgan fingerprint density at radius 3 is 3.08 bits per heavy atom. The molecule has 62 valence electrons. The minimum atomic E-state index is 0.630. The highest BCUT2D eigenvalue weighted by Gasteiger charge is 2.03. The largest absolute Gasteiger partial charge is 0.396 e. The molecule has 2 rings (SSSR count). The van der Waals surface area contributed by atoms with E-state index in [2.05, 4.69) is 26.0 Å². The van der Waals surface area contributed by atoms with Gasteiger partial charge in [-0.1, -0.05) is 0 Å². The van der Waals surface area contributed by atoms with Crippen molar-refractivity contribution in [3.63, 3.8) is 0 Å². The van der Waals surface area contributed by atoms with Gasteiger partial charge in [0.05, 0.1) is 5.69 Å². The Labute approximate surface area is 77.5 Å². The van der Waals surface area contributed by atoms with Crippen molar-refractivity contribution in [3.05, 3.63) is 22.6 Å². The van der Waals surface area contributed by atoms with Gasteiger partial charge in [-0.25, -0.2) is 9.50 Å². The molecule has 0 radical (unpaired) electrons. The van der Waals surface area contributed by atoms with Crippen LogP contribution >= 0.6 is 15.9 Å². The lowest BCUT2D eigenvalue weighted by Crippen LogP contribution is -1.93. The summed E-state index contributed by atoms with van der Waals surface area (Å²) in [5.41, 5.74) is 7.05. The summed E-state index contributed by atoms with van der Waals surface area (Å²) in [5.74, 6) is 0.722. The van der Waals surface area contributed by atoms with Gasteiger partial charge in [0.1, 0.15) is 5.82 Å². The highest BCUT2D eigenvalue weighted by Crippen LogP contribution is 2.17. The van der Waals surface area contributed by atoms with Crippen LogP contribution in [0.1, 0.15) is 5.82 Å². The lowest BCUT2D eigenvalue weighted by Gasteiger charge is -1.96. The first kappa shape index (κ1) is 7.54. The van der Waals surface area contributed by atoms with E-state index in [0.717, 1.165) is 10.3 Å². The monoisotopic (exact) mass is 226 g/mol. The summed E-state index contributed by atoms with van der Waals surface area (Å²) in [4.78, 5) is 4.16. The lowest BCUT2D eigenvalue weighted by atomic mass is 10.4. The van der Waals surface area contributed by atoms with Gasteiger partial charge in [-0.15, -0.1) is 0 Å². The van der Waals surface area contributed by atoms with Crippen LogP contribution in [-0.4, -0.2) is 14.6 Å². The fraction of sp³-hybridized carbons (Fsp3) is 0.143. The molecule has 0 spiro atoms. The van der Waals surface area contributed by atoms with E-state index in [4.69, 9.17) is 5.73 Å². The minimum absolute atomic E-state index is 0.630. The second kappa shape index (κ2) is 2.45. The minimum Gasteiger partial charge on any atom is -0.396 e. The van der Waals surface area contributed by atoms with Gasteiger partial charge in [-0.05, 0) is 28.9 Å². The van der Waals surface area contributed by atoms with E-state index in [1.165, 1.54) is 0 Å². The van der Waals surface area contributed by atoms with Crippen molar-refractivity contribution in [1.29, 1.82) is 0 Å². The van der Waals surface area contributed by atoms with E-state index >= 15 is 0 Å². The van der Waals surface area contributed by atoms with Gasteiger partial charge in [-0.2, -0.15) is 5.10 Å². The fourth-order valence-electron chi connectivity index (χ4n) is 1.08. The predicted octanol–water partition coefficient (Wildman–Crippen LogP) is 1.38. The van der Waals surface area contributed by atoms with E-state index in [1.54, 1.807) is 4.52 Å². The number of pyridine rings is 1. The quantitative estimate of drug-likeness (QED) is 0.739. The van der Waals surface area contributed by atoms with Crippen molar-refractivity contribution < 1.29 is 0 Å². The number of nitrogen functional groups attached to an aromatic ring is 1. The van der Waals surface area contributed by atoms with Crippen molar-refractivity contribution in [2.45, 2.75) is 6.92 Å². The maximum Gasteiger partial charge on any atom is 0.178 e. The van der Waals surface area contributed by atoms with Crippen molar-refractivity contribution in [2.24, 2.45) is 0 Å². The third-order valence-corrected chi connectivity index (χ3v) is 1.97. The highest BCUT2D eigenvalue weighted by atomic mass is 79.9. The van der Waals surface area contributed by atoms with Gasteiger partial charge in [0.15, 0.2) is 5.65 Å². The Morgan fingerprint density at radius 1 is 1.58 bits per heavy atom. The molecule has 0 aliphatic carbocycles. The zero-order valence-corrected chi connectivity index (χ0v) is 8.04. The summed E-state index contributed by atoms with van der Waals surface area (Å²) >= 11 is 3.32. The number of hydrogen-bond acceptors (Lipinski definition) is 3. The van der Waals surface area contributed by atoms with Gasteiger partial charge in [0.2, 0.25) is 0 Å². The molecule has 0 bridgehead atoms. The number of anilines is 1. The molecule has 0 aliphatic heterocycles. The molecule has 0 aromatic carbocycles. The molecule has 2 aromatic rings. The van der Waals surface area contributed by atoms with Crippen LogP contribution in [0.25, 0.3) is 5.65 Å². The third-order valence-electron chi connectivity index (χ3n) is 1.53. The molecule has 0 amide bonds. The number of fused-ring (bicyclic) bond motifs is 1. The molecule has 5 heteroatoms. The molecular formula is C7H7BrN4. The summed E-state index contributed by atoms with van der Waals surface area (Å²) in [7, 11) is 0. The van der Waals surface area contributed by atoms with Crippen LogP contribution in [-0.2, 0) is 0 Å². The molecule has 0 atom stereocenters. The summed E-state index contributed by atoms with van der Waals surface area (Å²) in [6.07, 6.45) is 1.83. The van der Waals surface area contributed by atoms with E-state index in [1.807, 2.05) is 19.2 Å². The van der Waals surface area contributed by atoms with Crippen LogP contribution in [0.5, 0.6) is 0 Å². The number of nitrogens with zero attached hydrogens (tertiary/aromatic N) is 3. The van der Waals surface area contributed by atoms with Crippen LogP contribution in [0, 0.1) is 6.92 Å². The Hall–Kier alpha value is -1.10. The molecule has 4 nitrogen and oxygen atoms in total. The van der Waals surface area contributed by atoms with Crippen molar-refractivity contribution in [1.82, 2.24) is 14.6 Å². The van der Waals surface area contributed by atoms with Gasteiger partial charge in [0.25, 0.3) is 0 Å². The van der Waals surface area contributed by atoms with E-state index < -0.39 is 0 Å². The Balaban J connectivity index is 2.88. The maximum absolute atomic E-state index is 5.72. The van der Waals surface area contributed by atoms with Crippen LogP contribution < -0.4 is 5.73 Å². The third kappa shape index (κ3) is 1.06. The Morgan fingerprint density at radius 2 is 2.33 bits per heavy atom. The van der Waals surface area contributed by atoms with E-state index in [-0.39, 0.29) is 0 Å². The smallest absolute Gasteiger partial charge is 0.178 e. The molecule has 2 heterocycles. The Kier molecular flexibility index (Phi) is 1.54. The normalized spacial score (nSPS) is 10.8. The summed E-state index contributed by atoms with van der Waals surface area (Å²) in [6.45, 7) is 1.83. The molecule has 0 saturated heterocycles. The molecular weight excluding hydrogens is 220 g/mol. The molecule has 2 N–H and O–H groups in total. The van der Waals surface area contributed by atoms with Crippen molar-refractivity contribution in [2.75, 3.05) is 5.73 Å². The van der Waals surface area contributed by atoms with Crippen molar-refractivity contribution >= 4 is 27.3 Å². The first-order valence-electron chi connectivity index (χ1n) is 3.45. The van der Waals surface area contributed by atoms with Gasteiger partial charge >= 0.3 is 0 Å². The number of nitrogens with two attached hydrogens (primary N) is 1. The number of halogens is 1. The zero-order valence-electron chi connectivity index (χ0n) is 6.45. The number of aryl methyl sites for hydroxylation is 1. The Bertz CT molecular complexity index is 434. The molecule has 0 fully saturated rings. The number of rotatable bonds is 0. The van der Waals surface area contributed by atoms with Crippen molar-refractivity contribution in [3.8, 4) is 0 Å². The van der Waals surface area contributed by atoms with Gasteiger partial charge < -0.3 is 5.73 Å². The first-order chi connectivity index (χ1) is 5.66. The zero-order chi connectivity index (χ0) is 8.72. The standard InChI is InChI=1S/C7H7BrN4/c1-4-10-7-6(9)2-5(8)3-12(7)11-4/h2-3H,9H2,1H3. The lowest BCUT2D eigenvalue weighted by molar-refractivity contribution is 0.928. The van der Waals surface area contributed by atoms with Gasteiger partial charge in [0, 0.05) is 10.7 Å². The average Bonchev–Trinajstić information content (AvgIpc) is 2.29. The summed E-state index contributed by atoms with van der Waals surface area (Å²) in [5, 5.41) is 4.13. The van der Waals surface area contributed by atoms with Crippen LogP contribution in [0.15, 0.2) is 16.7 Å². The molecule has 12 heavy (non-hydrogen) atoms. The second-order valence-corrected chi connectivity index (χ2v) is 3.46. The fourth-order valence-corrected chi connectivity index (χ4v) is 1.52. The van der Waals surface area contributed by atoms with Crippen LogP contribution in [0.4, 0.5) is 5.69 Å². The average molecular weight is 227 g/mol. The molecule has 2 aromatic heterocycles. The molecule has 0 unspecified atom stereocenters.